The molecule has 10 aromatic rings. The van der Waals surface area contributed by atoms with Gasteiger partial charge in [-0.1, -0.05) is 184 Å². The second kappa shape index (κ2) is 13.5. The molecule has 1 aliphatic carbocycles. The molecule has 58 heavy (non-hydrogen) atoms. The van der Waals surface area contributed by atoms with Gasteiger partial charge in [0.05, 0.1) is 5.69 Å². The first-order chi connectivity index (χ1) is 28.5. The third-order valence-corrected chi connectivity index (χ3v) is 12.4. The minimum Gasteiger partial charge on any atom is -0.310 e. The minimum atomic E-state index is -0.141. The molecule has 0 fully saturated rings. The van der Waals surface area contributed by atoms with Crippen LogP contribution in [0.4, 0.5) is 17.1 Å². The van der Waals surface area contributed by atoms with Crippen LogP contribution in [0.1, 0.15) is 25.0 Å². The van der Waals surface area contributed by atoms with Gasteiger partial charge in [-0.25, -0.2) is 0 Å². The van der Waals surface area contributed by atoms with E-state index < -0.39 is 0 Å². The van der Waals surface area contributed by atoms with E-state index in [2.05, 4.69) is 231 Å². The lowest BCUT2D eigenvalue weighted by atomic mass is 9.82. The molecule has 0 aliphatic heterocycles. The SMILES string of the molecule is CC1(C)c2ccccc2-c2ccc(N(c3ccc(-c4ccccc4)cc3)c3cccc(-c4cc5ccccc5c5ccccc45)c3-c3ccc4ccccc4c3)cc21. The summed E-state index contributed by atoms with van der Waals surface area (Å²) in [7, 11) is 0. The van der Waals surface area contributed by atoms with Crippen LogP contribution in [0.15, 0.2) is 212 Å². The Morgan fingerprint density at radius 2 is 0.931 bits per heavy atom. The van der Waals surface area contributed by atoms with Gasteiger partial charge in [-0.05, 0) is 125 Å². The van der Waals surface area contributed by atoms with E-state index >= 15 is 0 Å². The van der Waals surface area contributed by atoms with Crippen LogP contribution in [0.3, 0.4) is 0 Å². The molecule has 11 rings (SSSR count). The smallest absolute Gasteiger partial charge is 0.0546 e. The molecule has 1 nitrogen and oxygen atoms in total. The van der Waals surface area contributed by atoms with Crippen molar-refractivity contribution in [1.82, 2.24) is 0 Å². The maximum atomic E-state index is 2.49. The Kier molecular flexibility index (Phi) is 7.91. The van der Waals surface area contributed by atoms with E-state index in [-0.39, 0.29) is 5.41 Å². The van der Waals surface area contributed by atoms with Gasteiger partial charge in [-0.3, -0.25) is 0 Å². The van der Waals surface area contributed by atoms with Gasteiger partial charge in [0.15, 0.2) is 0 Å². The Bertz CT molecular complexity index is 3190. The summed E-state index contributed by atoms with van der Waals surface area (Å²) in [6, 6.07) is 78.4. The van der Waals surface area contributed by atoms with Gasteiger partial charge in [0.25, 0.3) is 0 Å². The molecule has 0 radical (unpaired) electrons. The maximum absolute atomic E-state index is 2.49. The average molecular weight is 740 g/mol. The number of fused-ring (bicyclic) bond motifs is 7. The highest BCUT2D eigenvalue weighted by Gasteiger charge is 2.36. The normalized spacial score (nSPS) is 12.8. The summed E-state index contributed by atoms with van der Waals surface area (Å²) in [5.41, 5.74) is 15.8. The summed E-state index contributed by atoms with van der Waals surface area (Å²) >= 11 is 0. The van der Waals surface area contributed by atoms with Crippen molar-refractivity contribution in [2.24, 2.45) is 0 Å². The summed E-state index contributed by atoms with van der Waals surface area (Å²) in [6.07, 6.45) is 0. The van der Waals surface area contributed by atoms with E-state index in [4.69, 9.17) is 0 Å². The highest BCUT2D eigenvalue weighted by Crippen LogP contribution is 2.52. The van der Waals surface area contributed by atoms with Crippen LogP contribution in [0.25, 0.3) is 76.8 Å². The van der Waals surface area contributed by atoms with E-state index in [0.717, 1.165) is 17.1 Å². The summed E-state index contributed by atoms with van der Waals surface area (Å²) < 4.78 is 0. The van der Waals surface area contributed by atoms with Crippen LogP contribution < -0.4 is 4.90 Å². The van der Waals surface area contributed by atoms with Gasteiger partial charge in [0, 0.05) is 22.4 Å². The summed E-state index contributed by atoms with van der Waals surface area (Å²) in [4.78, 5) is 2.49. The molecule has 274 valence electrons. The zero-order chi connectivity index (χ0) is 38.8. The molecule has 0 N–H and O–H groups in total. The fourth-order valence-corrected chi connectivity index (χ4v) is 9.57. The maximum Gasteiger partial charge on any atom is 0.0546 e. The predicted octanol–water partition coefficient (Wildman–Crippen LogP) is 15.9. The van der Waals surface area contributed by atoms with Crippen molar-refractivity contribution in [3.8, 4) is 44.5 Å². The lowest BCUT2D eigenvalue weighted by Gasteiger charge is -2.31. The van der Waals surface area contributed by atoms with Crippen molar-refractivity contribution < 1.29 is 0 Å². The molecular weight excluding hydrogens is 699 g/mol. The van der Waals surface area contributed by atoms with Crippen molar-refractivity contribution in [3.63, 3.8) is 0 Å². The van der Waals surface area contributed by atoms with Gasteiger partial charge in [0.1, 0.15) is 0 Å². The van der Waals surface area contributed by atoms with Crippen molar-refractivity contribution in [1.29, 1.82) is 0 Å². The topological polar surface area (TPSA) is 3.24 Å². The van der Waals surface area contributed by atoms with Crippen LogP contribution in [0.2, 0.25) is 0 Å². The standard InChI is InChI=1S/C57H41N/c1-57(2)53-25-13-12-23-49(53)50-34-33-45(37-54(50)57)58(44-31-29-40(30-32-44)38-15-4-3-5-16-38)55-26-14-24-51(56(55)43-28-27-39-17-6-7-18-41(39)35-43)52-36-42-19-8-9-20-46(42)47-21-10-11-22-48(47)52/h3-37H,1-2H3. The van der Waals surface area contributed by atoms with E-state index in [1.54, 1.807) is 0 Å². The number of nitrogens with zero attached hydrogens (tertiary/aromatic N) is 1. The molecule has 1 aliphatic rings. The zero-order valence-corrected chi connectivity index (χ0v) is 32.7. The largest absolute Gasteiger partial charge is 0.310 e. The molecule has 0 amide bonds. The van der Waals surface area contributed by atoms with Crippen LogP contribution in [-0.4, -0.2) is 0 Å². The number of anilines is 3. The Hall–Kier alpha value is -7.22. The first-order valence-electron chi connectivity index (χ1n) is 20.3. The number of rotatable bonds is 6. The predicted molar refractivity (Wildman–Crippen MR) is 248 cm³/mol. The van der Waals surface area contributed by atoms with E-state index in [1.807, 2.05) is 0 Å². The third kappa shape index (κ3) is 5.46. The molecule has 0 bridgehead atoms. The summed E-state index contributed by atoms with van der Waals surface area (Å²) in [5.74, 6) is 0. The minimum absolute atomic E-state index is 0.141. The van der Waals surface area contributed by atoms with Gasteiger partial charge in [0.2, 0.25) is 0 Å². The number of benzene rings is 10. The molecule has 0 saturated heterocycles. The Balaban J connectivity index is 1.21. The number of hydrogen-bond donors (Lipinski definition) is 0. The highest BCUT2D eigenvalue weighted by atomic mass is 15.1. The molecule has 0 saturated carbocycles. The van der Waals surface area contributed by atoms with E-state index in [0.29, 0.717) is 0 Å². The Labute approximate surface area is 340 Å². The van der Waals surface area contributed by atoms with Crippen LogP contribution >= 0.6 is 0 Å². The molecule has 0 heterocycles. The monoisotopic (exact) mass is 739 g/mol. The molecule has 1 heteroatoms. The van der Waals surface area contributed by atoms with Gasteiger partial charge >= 0.3 is 0 Å². The van der Waals surface area contributed by atoms with Crippen molar-refractivity contribution in [2.45, 2.75) is 19.3 Å². The van der Waals surface area contributed by atoms with Crippen LogP contribution in [0.5, 0.6) is 0 Å². The first-order valence-corrected chi connectivity index (χ1v) is 20.3. The second-order valence-electron chi connectivity index (χ2n) is 16.1. The van der Waals surface area contributed by atoms with Gasteiger partial charge < -0.3 is 4.90 Å². The van der Waals surface area contributed by atoms with Crippen molar-refractivity contribution in [2.75, 3.05) is 4.90 Å². The van der Waals surface area contributed by atoms with Crippen LogP contribution in [0, 0.1) is 0 Å². The van der Waals surface area contributed by atoms with Crippen molar-refractivity contribution in [3.05, 3.63) is 223 Å². The first kappa shape index (κ1) is 34.1. The van der Waals surface area contributed by atoms with E-state index in [9.17, 15) is 0 Å². The average Bonchev–Trinajstić information content (AvgIpc) is 3.51. The molecule has 0 aromatic heterocycles. The van der Waals surface area contributed by atoms with Gasteiger partial charge in [-0.15, -0.1) is 0 Å². The summed E-state index contributed by atoms with van der Waals surface area (Å²) in [6.45, 7) is 4.73. The lowest BCUT2D eigenvalue weighted by molar-refractivity contribution is 0.660. The quantitative estimate of drug-likeness (QED) is 0.154. The fourth-order valence-electron chi connectivity index (χ4n) is 9.57. The van der Waals surface area contributed by atoms with E-state index in [1.165, 1.54) is 88.0 Å². The highest BCUT2D eigenvalue weighted by molar-refractivity contribution is 6.16. The Morgan fingerprint density at radius 3 is 1.76 bits per heavy atom. The summed E-state index contributed by atoms with van der Waals surface area (Å²) in [5, 5.41) is 7.47. The second-order valence-corrected chi connectivity index (χ2v) is 16.1. The van der Waals surface area contributed by atoms with Crippen molar-refractivity contribution >= 4 is 49.4 Å². The Morgan fingerprint density at radius 1 is 0.328 bits per heavy atom. The third-order valence-electron chi connectivity index (χ3n) is 12.4. The number of hydrogen-bond acceptors (Lipinski definition) is 1. The molecular formula is C57H41N. The van der Waals surface area contributed by atoms with Crippen LogP contribution in [-0.2, 0) is 5.41 Å². The molecule has 0 unspecified atom stereocenters. The molecule has 0 spiro atoms. The molecule has 0 atom stereocenters. The molecule has 10 aromatic carbocycles. The fraction of sp³-hybridized carbons (Fsp3) is 0.0526. The van der Waals surface area contributed by atoms with Gasteiger partial charge in [-0.2, -0.15) is 0 Å². The lowest BCUT2D eigenvalue weighted by Crippen LogP contribution is -2.17. The zero-order valence-electron chi connectivity index (χ0n) is 32.7.